The minimum atomic E-state index is -0.675. The van der Waals surface area contributed by atoms with E-state index >= 15 is 0 Å². The Hall–Kier alpha value is -8.92. The van der Waals surface area contributed by atoms with Crippen LogP contribution in [0.4, 0.5) is 17.1 Å². The standard InChI is InChI=1S/C66H41NO2/c1-2-20-42(21-3-1)45-24-8-14-34-56(45)67(57-35-18-32-53-63(57)46-25-6-9-27-48(46)65(53)50-29-11-15-37-59(50)68-60-38-16-12-30-51(60)65)58-36-19-33-54-64(58)47-26-7-10-28-49(47)66(54)52-31-13-17-39-61(52)69-62-41-44-23-5-4-22-43(44)40-55(62)66/h1-41H. The molecule has 11 aromatic carbocycles. The molecular formula is C66H41NO2. The number of anilines is 3. The number of para-hydroxylation sites is 4. The average Bonchev–Trinajstić information content (AvgIpc) is 3.88. The van der Waals surface area contributed by atoms with E-state index in [0.717, 1.165) is 78.8 Å². The molecule has 2 aliphatic heterocycles. The average molecular weight is 880 g/mol. The molecule has 0 saturated carbocycles. The van der Waals surface area contributed by atoms with Crippen molar-refractivity contribution in [1.82, 2.24) is 0 Å². The van der Waals surface area contributed by atoms with E-state index in [2.05, 4.69) is 254 Å². The highest BCUT2D eigenvalue weighted by atomic mass is 16.5. The number of ether oxygens (including phenoxy) is 2. The molecule has 0 bridgehead atoms. The number of hydrogen-bond donors (Lipinski definition) is 0. The summed E-state index contributed by atoms with van der Waals surface area (Å²) in [6, 6.07) is 91.1. The lowest BCUT2D eigenvalue weighted by atomic mass is 9.66. The molecule has 0 amide bonds. The summed E-state index contributed by atoms with van der Waals surface area (Å²) in [6.45, 7) is 0. The summed E-state index contributed by atoms with van der Waals surface area (Å²) >= 11 is 0. The maximum atomic E-state index is 6.95. The molecule has 2 aliphatic carbocycles. The van der Waals surface area contributed by atoms with Gasteiger partial charge in [0.05, 0.1) is 27.9 Å². The third-order valence-corrected chi connectivity index (χ3v) is 15.4. The predicted molar refractivity (Wildman–Crippen MR) is 279 cm³/mol. The van der Waals surface area contributed by atoms with Gasteiger partial charge < -0.3 is 14.4 Å². The van der Waals surface area contributed by atoms with Crippen molar-refractivity contribution >= 4 is 27.8 Å². The Kier molecular flexibility index (Phi) is 7.92. The van der Waals surface area contributed by atoms with Crippen LogP contribution in [0.3, 0.4) is 0 Å². The Morgan fingerprint density at radius 1 is 0.261 bits per heavy atom. The summed E-state index contributed by atoms with van der Waals surface area (Å²) in [4.78, 5) is 2.58. The Balaban J connectivity index is 1.08. The molecule has 3 nitrogen and oxygen atoms in total. The Morgan fingerprint density at radius 3 is 1.22 bits per heavy atom. The molecule has 322 valence electrons. The zero-order valence-electron chi connectivity index (χ0n) is 37.4. The first kappa shape index (κ1) is 38.2. The molecular weight excluding hydrogens is 839 g/mol. The Morgan fingerprint density at radius 2 is 0.652 bits per heavy atom. The lowest BCUT2D eigenvalue weighted by Gasteiger charge is -2.40. The van der Waals surface area contributed by atoms with Crippen LogP contribution in [0.5, 0.6) is 23.0 Å². The van der Waals surface area contributed by atoms with Crippen LogP contribution in [0.1, 0.15) is 44.5 Å². The molecule has 1 atom stereocenters. The summed E-state index contributed by atoms with van der Waals surface area (Å²) in [7, 11) is 0. The first-order chi connectivity index (χ1) is 34.2. The van der Waals surface area contributed by atoms with Crippen molar-refractivity contribution in [1.29, 1.82) is 0 Å². The van der Waals surface area contributed by atoms with Crippen LogP contribution in [0.15, 0.2) is 249 Å². The third-order valence-electron chi connectivity index (χ3n) is 15.4. The van der Waals surface area contributed by atoms with Gasteiger partial charge in [-0.15, -0.1) is 0 Å². The number of rotatable bonds is 4. The largest absolute Gasteiger partial charge is 0.457 e. The lowest BCUT2D eigenvalue weighted by molar-refractivity contribution is 0.436. The van der Waals surface area contributed by atoms with Crippen LogP contribution in [0, 0.1) is 0 Å². The second kappa shape index (κ2) is 14.3. The van der Waals surface area contributed by atoms with Gasteiger partial charge in [-0.25, -0.2) is 0 Å². The van der Waals surface area contributed by atoms with E-state index in [1.54, 1.807) is 0 Å². The van der Waals surface area contributed by atoms with E-state index in [0.29, 0.717) is 0 Å². The fraction of sp³-hybridized carbons (Fsp3) is 0.0303. The number of benzene rings is 11. The molecule has 2 heterocycles. The fourth-order valence-electron chi connectivity index (χ4n) is 12.8. The molecule has 0 N–H and O–H groups in total. The van der Waals surface area contributed by atoms with Crippen LogP contribution in [0.25, 0.3) is 44.2 Å². The van der Waals surface area contributed by atoms with Gasteiger partial charge in [-0.3, -0.25) is 0 Å². The SMILES string of the molecule is c1ccc(-c2ccccc2N(c2cccc3c2-c2ccccc2C32c3ccccc3Oc3ccccc32)c2cccc3c2-c2ccccc2C32c3ccccc3Oc3cc4ccccc4cc32)cc1. The molecule has 4 aliphatic rings. The van der Waals surface area contributed by atoms with Crippen molar-refractivity contribution in [3.63, 3.8) is 0 Å². The Labute approximate surface area is 400 Å². The zero-order valence-corrected chi connectivity index (χ0v) is 37.4. The monoisotopic (exact) mass is 879 g/mol. The van der Waals surface area contributed by atoms with Gasteiger partial charge >= 0.3 is 0 Å². The van der Waals surface area contributed by atoms with Crippen molar-refractivity contribution < 1.29 is 9.47 Å². The van der Waals surface area contributed by atoms with E-state index in [4.69, 9.17) is 9.47 Å². The van der Waals surface area contributed by atoms with Gasteiger partial charge in [0.1, 0.15) is 23.0 Å². The normalized spacial score (nSPS) is 15.7. The molecule has 0 fully saturated rings. The van der Waals surface area contributed by atoms with E-state index in [1.807, 2.05) is 0 Å². The van der Waals surface area contributed by atoms with E-state index in [1.165, 1.54) is 49.9 Å². The minimum Gasteiger partial charge on any atom is -0.457 e. The number of fused-ring (bicyclic) bond motifs is 19. The molecule has 0 radical (unpaired) electrons. The van der Waals surface area contributed by atoms with Crippen LogP contribution < -0.4 is 14.4 Å². The molecule has 3 heteroatoms. The predicted octanol–water partition coefficient (Wildman–Crippen LogP) is 16.9. The summed E-state index contributed by atoms with van der Waals surface area (Å²) in [5.41, 5.74) is 18.6. The minimum absolute atomic E-state index is 0.633. The summed E-state index contributed by atoms with van der Waals surface area (Å²) in [5.74, 6) is 3.51. The maximum absolute atomic E-state index is 6.95. The summed E-state index contributed by atoms with van der Waals surface area (Å²) in [6.07, 6.45) is 0. The van der Waals surface area contributed by atoms with Crippen molar-refractivity contribution in [2.24, 2.45) is 0 Å². The maximum Gasteiger partial charge on any atom is 0.132 e. The van der Waals surface area contributed by atoms with Crippen LogP contribution in [-0.4, -0.2) is 0 Å². The summed E-state index contributed by atoms with van der Waals surface area (Å²) in [5, 5.41) is 2.34. The molecule has 1 unspecified atom stereocenters. The van der Waals surface area contributed by atoms with Gasteiger partial charge in [-0.2, -0.15) is 0 Å². The number of hydrogen-bond acceptors (Lipinski definition) is 3. The first-order valence-corrected chi connectivity index (χ1v) is 23.8. The van der Waals surface area contributed by atoms with Crippen molar-refractivity contribution in [3.8, 4) is 56.4 Å². The van der Waals surface area contributed by atoms with Gasteiger partial charge in [0.2, 0.25) is 0 Å². The molecule has 69 heavy (non-hydrogen) atoms. The zero-order chi connectivity index (χ0) is 45.3. The smallest absolute Gasteiger partial charge is 0.132 e. The lowest BCUT2D eigenvalue weighted by Crippen LogP contribution is -2.32. The third kappa shape index (κ3) is 5.01. The van der Waals surface area contributed by atoms with Gasteiger partial charge in [-0.1, -0.05) is 200 Å². The topological polar surface area (TPSA) is 21.7 Å². The van der Waals surface area contributed by atoms with Crippen LogP contribution in [-0.2, 0) is 10.8 Å². The van der Waals surface area contributed by atoms with Gasteiger partial charge in [0.25, 0.3) is 0 Å². The first-order valence-electron chi connectivity index (χ1n) is 23.8. The molecule has 0 aromatic heterocycles. The van der Waals surface area contributed by atoms with Crippen molar-refractivity contribution in [2.75, 3.05) is 4.90 Å². The highest BCUT2D eigenvalue weighted by Gasteiger charge is 2.54. The van der Waals surface area contributed by atoms with Crippen LogP contribution in [0.2, 0.25) is 0 Å². The number of nitrogens with zero attached hydrogens (tertiary/aromatic N) is 1. The molecule has 2 spiro atoms. The Bertz CT molecular complexity index is 3900. The second-order valence-electron chi connectivity index (χ2n) is 18.6. The molecule has 11 aromatic rings. The highest BCUT2D eigenvalue weighted by Crippen LogP contribution is 2.67. The summed E-state index contributed by atoms with van der Waals surface area (Å²) < 4.78 is 13.7. The quantitative estimate of drug-likeness (QED) is 0.176. The van der Waals surface area contributed by atoms with Crippen molar-refractivity contribution in [3.05, 3.63) is 293 Å². The van der Waals surface area contributed by atoms with E-state index in [-0.39, 0.29) is 0 Å². The molecule has 15 rings (SSSR count). The fourth-order valence-corrected chi connectivity index (χ4v) is 12.8. The van der Waals surface area contributed by atoms with Gasteiger partial charge in [0, 0.05) is 38.9 Å². The van der Waals surface area contributed by atoms with Crippen LogP contribution >= 0.6 is 0 Å². The van der Waals surface area contributed by atoms with E-state index < -0.39 is 10.8 Å². The van der Waals surface area contributed by atoms with Gasteiger partial charge in [-0.05, 0) is 98.2 Å². The van der Waals surface area contributed by atoms with Crippen molar-refractivity contribution in [2.45, 2.75) is 10.8 Å². The highest BCUT2D eigenvalue weighted by molar-refractivity contribution is 6.05. The van der Waals surface area contributed by atoms with Gasteiger partial charge in [0.15, 0.2) is 0 Å². The molecule has 0 saturated heterocycles. The van der Waals surface area contributed by atoms with E-state index in [9.17, 15) is 0 Å². The second-order valence-corrected chi connectivity index (χ2v) is 18.6.